The molecule has 120 valence electrons. The van der Waals surface area contributed by atoms with Gasteiger partial charge in [0, 0.05) is 5.69 Å². The van der Waals surface area contributed by atoms with Crippen LogP contribution in [-0.4, -0.2) is 19.6 Å². The molecule has 1 heterocycles. The first kappa shape index (κ1) is 15.7. The van der Waals surface area contributed by atoms with E-state index in [4.69, 9.17) is 9.47 Å². The number of hydrogen-bond donors (Lipinski definition) is 2. The molecule has 0 aliphatic carbocycles. The monoisotopic (exact) mass is 376 g/mol. The number of rotatable bonds is 4. The molecule has 1 atom stereocenters. The summed E-state index contributed by atoms with van der Waals surface area (Å²) >= 11 is 3.51. The lowest BCUT2D eigenvalue weighted by atomic mass is 10.1. The van der Waals surface area contributed by atoms with Gasteiger partial charge in [-0.05, 0) is 52.7 Å². The summed E-state index contributed by atoms with van der Waals surface area (Å²) < 4.78 is 11.8. The number of anilines is 1. The van der Waals surface area contributed by atoms with Crippen molar-refractivity contribution in [3.63, 3.8) is 0 Å². The van der Waals surface area contributed by atoms with Crippen LogP contribution in [0.4, 0.5) is 5.69 Å². The summed E-state index contributed by atoms with van der Waals surface area (Å²) in [5.74, 6) is 1.17. The zero-order chi connectivity index (χ0) is 16.4. The molecule has 0 fully saturated rings. The maximum atomic E-state index is 12.3. The van der Waals surface area contributed by atoms with Crippen LogP contribution in [0.2, 0.25) is 0 Å². The standard InChI is InChI=1S/C17H17BrN2O3/c1-3-23-15-12(18)8-10(9-14(15)22-2)16-19-13-7-5-4-6-11(13)17(21)20-16/h4-9,16,19H,3H2,1-2H3,(H,20,21)/t16-/m0/s1. The third-order valence-electron chi connectivity index (χ3n) is 3.62. The van der Waals surface area contributed by atoms with Gasteiger partial charge in [0.25, 0.3) is 5.91 Å². The molecule has 23 heavy (non-hydrogen) atoms. The van der Waals surface area contributed by atoms with Gasteiger partial charge in [0.05, 0.1) is 23.8 Å². The second-order valence-electron chi connectivity index (χ2n) is 5.06. The number of fused-ring (bicyclic) bond motifs is 1. The van der Waals surface area contributed by atoms with E-state index in [0.29, 0.717) is 23.7 Å². The predicted octanol–water partition coefficient (Wildman–Crippen LogP) is 3.71. The summed E-state index contributed by atoms with van der Waals surface area (Å²) in [6.45, 7) is 2.46. The van der Waals surface area contributed by atoms with Gasteiger partial charge in [-0.2, -0.15) is 0 Å². The Bertz CT molecular complexity index is 749. The summed E-state index contributed by atoms with van der Waals surface area (Å²) in [6, 6.07) is 11.2. The minimum atomic E-state index is -0.335. The van der Waals surface area contributed by atoms with E-state index >= 15 is 0 Å². The van der Waals surface area contributed by atoms with Crippen molar-refractivity contribution in [2.45, 2.75) is 13.1 Å². The highest BCUT2D eigenvalue weighted by Gasteiger charge is 2.25. The average Bonchev–Trinajstić information content (AvgIpc) is 2.56. The van der Waals surface area contributed by atoms with Gasteiger partial charge in [-0.1, -0.05) is 12.1 Å². The number of methoxy groups -OCH3 is 1. The second kappa shape index (κ2) is 6.50. The number of amides is 1. The molecular weight excluding hydrogens is 360 g/mol. The van der Waals surface area contributed by atoms with Gasteiger partial charge < -0.3 is 20.1 Å². The fourth-order valence-electron chi connectivity index (χ4n) is 2.56. The molecule has 0 saturated carbocycles. The third-order valence-corrected chi connectivity index (χ3v) is 4.21. The first-order chi connectivity index (χ1) is 11.1. The maximum absolute atomic E-state index is 12.3. The van der Waals surface area contributed by atoms with E-state index in [-0.39, 0.29) is 12.1 Å². The van der Waals surface area contributed by atoms with E-state index < -0.39 is 0 Å². The normalized spacial score (nSPS) is 16.1. The number of nitrogens with one attached hydrogen (secondary N) is 2. The van der Waals surface area contributed by atoms with Crippen LogP contribution in [0.1, 0.15) is 29.0 Å². The Morgan fingerprint density at radius 1 is 1.22 bits per heavy atom. The van der Waals surface area contributed by atoms with Crippen LogP contribution in [0, 0.1) is 0 Å². The molecule has 2 aromatic rings. The molecule has 3 rings (SSSR count). The first-order valence-corrected chi connectivity index (χ1v) is 8.10. The van der Waals surface area contributed by atoms with Gasteiger partial charge in [-0.3, -0.25) is 4.79 Å². The van der Waals surface area contributed by atoms with Crippen LogP contribution >= 0.6 is 15.9 Å². The molecule has 0 aromatic heterocycles. The Hall–Kier alpha value is -2.21. The molecule has 1 amide bonds. The molecule has 0 spiro atoms. The Labute approximate surface area is 143 Å². The summed E-state index contributed by atoms with van der Waals surface area (Å²) in [5, 5.41) is 6.28. The third kappa shape index (κ3) is 2.99. The number of para-hydroxylation sites is 1. The fraction of sp³-hybridized carbons (Fsp3) is 0.235. The second-order valence-corrected chi connectivity index (χ2v) is 5.92. The van der Waals surface area contributed by atoms with Gasteiger partial charge in [0.1, 0.15) is 6.17 Å². The highest BCUT2D eigenvalue weighted by molar-refractivity contribution is 9.10. The van der Waals surface area contributed by atoms with Crippen molar-refractivity contribution in [2.75, 3.05) is 19.0 Å². The van der Waals surface area contributed by atoms with Crippen LogP contribution < -0.4 is 20.1 Å². The van der Waals surface area contributed by atoms with E-state index in [9.17, 15) is 4.79 Å². The van der Waals surface area contributed by atoms with Gasteiger partial charge in [-0.15, -0.1) is 0 Å². The molecule has 1 aliphatic heterocycles. The van der Waals surface area contributed by atoms with Crippen molar-refractivity contribution in [1.82, 2.24) is 5.32 Å². The van der Waals surface area contributed by atoms with Gasteiger partial charge in [0.2, 0.25) is 0 Å². The van der Waals surface area contributed by atoms with Gasteiger partial charge in [0.15, 0.2) is 11.5 Å². The highest BCUT2D eigenvalue weighted by Crippen LogP contribution is 2.39. The Balaban J connectivity index is 1.97. The zero-order valence-electron chi connectivity index (χ0n) is 12.9. The average molecular weight is 377 g/mol. The molecule has 0 radical (unpaired) electrons. The minimum absolute atomic E-state index is 0.103. The summed E-state index contributed by atoms with van der Waals surface area (Å²) in [7, 11) is 1.59. The van der Waals surface area contributed by atoms with Crippen molar-refractivity contribution < 1.29 is 14.3 Å². The molecule has 2 aromatic carbocycles. The number of benzene rings is 2. The molecular formula is C17H17BrN2O3. The molecule has 5 nitrogen and oxygen atoms in total. The van der Waals surface area contributed by atoms with E-state index in [2.05, 4.69) is 26.6 Å². The number of carbonyl (C=O) groups is 1. The van der Waals surface area contributed by atoms with E-state index in [1.54, 1.807) is 13.2 Å². The molecule has 0 bridgehead atoms. The largest absolute Gasteiger partial charge is 0.493 e. The lowest BCUT2D eigenvalue weighted by Gasteiger charge is -2.28. The van der Waals surface area contributed by atoms with Crippen LogP contribution in [-0.2, 0) is 0 Å². The van der Waals surface area contributed by atoms with E-state index in [1.165, 1.54) is 0 Å². The van der Waals surface area contributed by atoms with Crippen molar-refractivity contribution in [3.05, 3.63) is 52.0 Å². The lowest BCUT2D eigenvalue weighted by Crippen LogP contribution is -2.38. The van der Waals surface area contributed by atoms with Crippen molar-refractivity contribution in [2.24, 2.45) is 0 Å². The highest BCUT2D eigenvalue weighted by atomic mass is 79.9. The number of ether oxygens (including phenoxy) is 2. The minimum Gasteiger partial charge on any atom is -0.493 e. The van der Waals surface area contributed by atoms with E-state index in [1.807, 2.05) is 37.3 Å². The topological polar surface area (TPSA) is 59.6 Å². The summed E-state index contributed by atoms with van der Waals surface area (Å²) in [6.07, 6.45) is -0.335. The maximum Gasteiger partial charge on any atom is 0.255 e. The first-order valence-electron chi connectivity index (χ1n) is 7.30. The number of carbonyl (C=O) groups excluding carboxylic acids is 1. The SMILES string of the molecule is CCOc1c(Br)cc([C@@H]2NC(=O)c3ccccc3N2)cc1OC. The smallest absolute Gasteiger partial charge is 0.255 e. The Morgan fingerprint density at radius 3 is 2.74 bits per heavy atom. The van der Waals surface area contributed by atoms with Crippen LogP contribution in [0.5, 0.6) is 11.5 Å². The number of halogens is 1. The quantitative estimate of drug-likeness (QED) is 0.853. The molecule has 2 N–H and O–H groups in total. The van der Waals surface area contributed by atoms with Crippen molar-refractivity contribution >= 4 is 27.5 Å². The van der Waals surface area contributed by atoms with Crippen molar-refractivity contribution in [1.29, 1.82) is 0 Å². The predicted molar refractivity (Wildman–Crippen MR) is 92.1 cm³/mol. The van der Waals surface area contributed by atoms with Crippen molar-refractivity contribution in [3.8, 4) is 11.5 Å². The van der Waals surface area contributed by atoms with Gasteiger partial charge in [-0.25, -0.2) is 0 Å². The molecule has 0 saturated heterocycles. The summed E-state index contributed by atoms with van der Waals surface area (Å²) in [5.41, 5.74) is 2.32. The molecule has 1 aliphatic rings. The van der Waals surface area contributed by atoms with Crippen LogP contribution in [0.3, 0.4) is 0 Å². The lowest BCUT2D eigenvalue weighted by molar-refractivity contribution is 0.0935. The van der Waals surface area contributed by atoms with E-state index in [0.717, 1.165) is 15.7 Å². The van der Waals surface area contributed by atoms with Crippen LogP contribution in [0.15, 0.2) is 40.9 Å². The number of hydrogen-bond acceptors (Lipinski definition) is 4. The van der Waals surface area contributed by atoms with Gasteiger partial charge >= 0.3 is 0 Å². The summed E-state index contributed by atoms with van der Waals surface area (Å²) in [4.78, 5) is 12.3. The van der Waals surface area contributed by atoms with Crippen LogP contribution in [0.25, 0.3) is 0 Å². The Kier molecular flexibility index (Phi) is 4.43. The zero-order valence-corrected chi connectivity index (χ0v) is 14.4. The fourth-order valence-corrected chi connectivity index (χ4v) is 3.14. The molecule has 6 heteroatoms. The Morgan fingerprint density at radius 2 is 2.00 bits per heavy atom. The molecule has 0 unspecified atom stereocenters.